The number of benzene rings is 2. The lowest BCUT2D eigenvalue weighted by atomic mass is 10.1. The molecule has 1 aromatic heterocycles. The van der Waals surface area contributed by atoms with Crippen molar-refractivity contribution in [2.75, 3.05) is 19.8 Å². The average molecular weight is 418 g/mol. The Balaban J connectivity index is 1.75. The van der Waals surface area contributed by atoms with E-state index in [0.29, 0.717) is 23.5 Å². The van der Waals surface area contributed by atoms with Gasteiger partial charge in [0.25, 0.3) is 0 Å². The van der Waals surface area contributed by atoms with Gasteiger partial charge in [-0.25, -0.2) is 4.79 Å². The molecule has 3 rings (SSSR count). The summed E-state index contributed by atoms with van der Waals surface area (Å²) in [7, 11) is 0. The fourth-order valence-corrected chi connectivity index (χ4v) is 2.98. The molecule has 0 unspecified atom stereocenters. The minimum Gasteiger partial charge on any atom is -0.490 e. The molecule has 7 heteroatoms. The molecule has 0 spiro atoms. The Morgan fingerprint density at radius 3 is 2.29 bits per heavy atom. The van der Waals surface area contributed by atoms with E-state index in [1.54, 1.807) is 49.5 Å². The molecule has 0 aliphatic rings. The maximum absolute atomic E-state index is 11.8. The first kappa shape index (κ1) is 21.7. The summed E-state index contributed by atoms with van der Waals surface area (Å²) in [5.74, 6) is -0.0680. The van der Waals surface area contributed by atoms with Crippen LogP contribution in [0.15, 0.2) is 60.9 Å². The van der Waals surface area contributed by atoms with E-state index < -0.39 is 0 Å². The van der Waals surface area contributed by atoms with Gasteiger partial charge in [0, 0.05) is 30.6 Å². The van der Waals surface area contributed by atoms with Crippen LogP contribution in [0.2, 0.25) is 0 Å². The molecule has 3 aromatic rings. The molecule has 7 nitrogen and oxygen atoms in total. The van der Waals surface area contributed by atoms with Gasteiger partial charge in [-0.2, -0.15) is 5.26 Å². The van der Waals surface area contributed by atoms with Gasteiger partial charge >= 0.3 is 11.9 Å². The smallest absolute Gasteiger partial charge is 0.338 e. The Bertz CT molecular complexity index is 1090. The SMILES string of the molecule is CCOC(=O)c1ccc(-n2cc(C#N)c(-c3ccc(OCCOC(C)=O)cc3)c2)cc1. The summed E-state index contributed by atoms with van der Waals surface area (Å²) in [6, 6.07) is 16.6. The van der Waals surface area contributed by atoms with Gasteiger partial charge in [0.2, 0.25) is 0 Å². The van der Waals surface area contributed by atoms with Crippen molar-refractivity contribution in [2.24, 2.45) is 0 Å². The van der Waals surface area contributed by atoms with Crippen LogP contribution in [-0.4, -0.2) is 36.3 Å². The van der Waals surface area contributed by atoms with Gasteiger partial charge in [-0.15, -0.1) is 0 Å². The summed E-state index contributed by atoms with van der Waals surface area (Å²) in [5.41, 5.74) is 3.47. The van der Waals surface area contributed by atoms with Crippen molar-refractivity contribution in [1.82, 2.24) is 4.57 Å². The van der Waals surface area contributed by atoms with Crippen LogP contribution in [0.4, 0.5) is 0 Å². The zero-order valence-corrected chi connectivity index (χ0v) is 17.3. The minimum absolute atomic E-state index is 0.188. The molecular formula is C24H22N2O5. The van der Waals surface area contributed by atoms with Crippen molar-refractivity contribution in [3.8, 4) is 28.6 Å². The van der Waals surface area contributed by atoms with Crippen LogP contribution >= 0.6 is 0 Å². The van der Waals surface area contributed by atoms with E-state index in [1.165, 1.54) is 6.92 Å². The van der Waals surface area contributed by atoms with Gasteiger partial charge in [-0.05, 0) is 48.9 Å². The molecule has 0 radical (unpaired) electrons. The van der Waals surface area contributed by atoms with Gasteiger partial charge in [0.15, 0.2) is 0 Å². The summed E-state index contributed by atoms with van der Waals surface area (Å²) >= 11 is 0. The van der Waals surface area contributed by atoms with Crippen LogP contribution in [0.5, 0.6) is 5.75 Å². The van der Waals surface area contributed by atoms with Gasteiger partial charge in [0.1, 0.15) is 25.0 Å². The lowest BCUT2D eigenvalue weighted by Gasteiger charge is -2.07. The third-order valence-corrected chi connectivity index (χ3v) is 4.45. The van der Waals surface area contributed by atoms with E-state index in [1.807, 2.05) is 22.9 Å². The van der Waals surface area contributed by atoms with Gasteiger partial charge < -0.3 is 18.8 Å². The van der Waals surface area contributed by atoms with Crippen molar-refractivity contribution < 1.29 is 23.8 Å². The number of aromatic nitrogens is 1. The van der Waals surface area contributed by atoms with E-state index in [9.17, 15) is 14.9 Å². The van der Waals surface area contributed by atoms with E-state index in [2.05, 4.69) is 6.07 Å². The molecule has 0 aliphatic heterocycles. The van der Waals surface area contributed by atoms with Crippen molar-refractivity contribution in [3.05, 3.63) is 72.1 Å². The molecule has 0 saturated heterocycles. The topological polar surface area (TPSA) is 90.6 Å². The van der Waals surface area contributed by atoms with Crippen LogP contribution < -0.4 is 4.74 Å². The van der Waals surface area contributed by atoms with Crippen LogP contribution in [0.25, 0.3) is 16.8 Å². The van der Waals surface area contributed by atoms with Crippen molar-refractivity contribution in [2.45, 2.75) is 13.8 Å². The number of ether oxygens (including phenoxy) is 3. The van der Waals surface area contributed by atoms with Crippen LogP contribution in [0, 0.1) is 11.3 Å². The molecule has 158 valence electrons. The Morgan fingerprint density at radius 2 is 1.68 bits per heavy atom. The highest BCUT2D eigenvalue weighted by atomic mass is 16.6. The summed E-state index contributed by atoms with van der Waals surface area (Å²) < 4.78 is 17.2. The first-order valence-electron chi connectivity index (χ1n) is 9.78. The summed E-state index contributed by atoms with van der Waals surface area (Å²) in [6.45, 7) is 3.89. The van der Waals surface area contributed by atoms with Gasteiger partial charge in [-0.1, -0.05) is 12.1 Å². The maximum atomic E-state index is 11.8. The highest BCUT2D eigenvalue weighted by Crippen LogP contribution is 2.28. The lowest BCUT2D eigenvalue weighted by Crippen LogP contribution is -2.09. The molecular weight excluding hydrogens is 396 g/mol. The summed E-state index contributed by atoms with van der Waals surface area (Å²) in [4.78, 5) is 22.6. The molecule has 0 atom stereocenters. The first-order valence-corrected chi connectivity index (χ1v) is 9.78. The van der Waals surface area contributed by atoms with Gasteiger partial charge in [-0.3, -0.25) is 4.79 Å². The van der Waals surface area contributed by atoms with Crippen molar-refractivity contribution in [1.29, 1.82) is 5.26 Å². The van der Waals surface area contributed by atoms with Crippen molar-refractivity contribution in [3.63, 3.8) is 0 Å². The third kappa shape index (κ3) is 5.52. The fourth-order valence-electron chi connectivity index (χ4n) is 2.98. The number of hydrogen-bond donors (Lipinski definition) is 0. The molecule has 0 N–H and O–H groups in total. The lowest BCUT2D eigenvalue weighted by molar-refractivity contribution is -0.141. The normalized spacial score (nSPS) is 10.2. The monoisotopic (exact) mass is 418 g/mol. The Kier molecular flexibility index (Phi) is 7.07. The molecule has 2 aromatic carbocycles. The van der Waals surface area contributed by atoms with Crippen LogP contribution in [0.1, 0.15) is 29.8 Å². The quantitative estimate of drug-likeness (QED) is 0.403. The fraction of sp³-hybridized carbons (Fsp3) is 0.208. The first-order chi connectivity index (χ1) is 15.0. The van der Waals surface area contributed by atoms with E-state index in [0.717, 1.165) is 16.8 Å². The maximum Gasteiger partial charge on any atom is 0.338 e. The molecule has 0 aliphatic carbocycles. The Morgan fingerprint density at radius 1 is 0.968 bits per heavy atom. The predicted octanol–water partition coefficient (Wildman–Crippen LogP) is 4.13. The second-order valence-electron chi connectivity index (χ2n) is 6.58. The average Bonchev–Trinajstić information content (AvgIpc) is 3.22. The number of rotatable bonds is 8. The number of nitriles is 1. The molecule has 0 fully saturated rings. The largest absolute Gasteiger partial charge is 0.490 e. The van der Waals surface area contributed by atoms with Gasteiger partial charge in [0.05, 0.1) is 17.7 Å². The predicted molar refractivity (Wildman–Crippen MR) is 114 cm³/mol. The van der Waals surface area contributed by atoms with E-state index in [-0.39, 0.29) is 25.2 Å². The number of hydrogen-bond acceptors (Lipinski definition) is 6. The zero-order chi connectivity index (χ0) is 22.2. The van der Waals surface area contributed by atoms with Crippen LogP contribution in [-0.2, 0) is 14.3 Å². The molecule has 31 heavy (non-hydrogen) atoms. The van der Waals surface area contributed by atoms with Crippen molar-refractivity contribution >= 4 is 11.9 Å². The molecule has 0 amide bonds. The standard InChI is InChI=1S/C24H22N2O5/c1-3-29-24(28)19-4-8-21(9-5-19)26-15-20(14-25)23(16-26)18-6-10-22(11-7-18)31-13-12-30-17(2)27/h4-11,15-16H,3,12-13H2,1-2H3. The second kappa shape index (κ2) is 10.1. The number of carbonyl (C=O) groups excluding carboxylic acids is 2. The zero-order valence-electron chi connectivity index (χ0n) is 17.3. The molecule has 1 heterocycles. The minimum atomic E-state index is -0.366. The molecule has 0 bridgehead atoms. The second-order valence-corrected chi connectivity index (χ2v) is 6.58. The highest BCUT2D eigenvalue weighted by molar-refractivity contribution is 5.89. The highest BCUT2D eigenvalue weighted by Gasteiger charge is 2.11. The van der Waals surface area contributed by atoms with E-state index >= 15 is 0 Å². The van der Waals surface area contributed by atoms with Crippen LogP contribution in [0.3, 0.4) is 0 Å². The Labute approximate surface area is 180 Å². The third-order valence-electron chi connectivity index (χ3n) is 4.45. The summed E-state index contributed by atoms with van der Waals surface area (Å²) in [6.07, 6.45) is 3.62. The number of esters is 2. The van der Waals surface area contributed by atoms with E-state index in [4.69, 9.17) is 14.2 Å². The number of nitrogens with zero attached hydrogens (tertiary/aromatic N) is 2. The Hall–Kier alpha value is -4.05. The number of carbonyl (C=O) groups is 2. The molecule has 0 saturated carbocycles. The summed E-state index contributed by atoms with van der Waals surface area (Å²) in [5, 5.41) is 9.57.